The minimum absolute atomic E-state index is 0.0445. The molecule has 3 heteroatoms. The summed E-state index contributed by atoms with van der Waals surface area (Å²) in [6.45, 7) is 7.50. The number of rotatable bonds is 3. The van der Waals surface area contributed by atoms with Crippen molar-refractivity contribution >= 4 is 21.6 Å². The van der Waals surface area contributed by atoms with Gasteiger partial charge in [-0.2, -0.15) is 0 Å². The Hall–Kier alpha value is -0.540. The van der Waals surface area contributed by atoms with Gasteiger partial charge >= 0.3 is 0 Å². The molecule has 1 aromatic rings. The topological polar surface area (TPSA) is 38.0 Å². The Bertz CT molecular complexity index is 446. The molecule has 0 aliphatic heterocycles. The molecule has 3 unspecified atom stereocenters. The van der Waals surface area contributed by atoms with Crippen LogP contribution in [0.5, 0.6) is 0 Å². The van der Waals surface area contributed by atoms with Crippen LogP contribution in [0.2, 0.25) is 0 Å². The molecule has 1 aliphatic carbocycles. The lowest BCUT2D eigenvalue weighted by Crippen LogP contribution is -2.53. The highest BCUT2D eigenvalue weighted by Gasteiger charge is 2.39. The van der Waals surface area contributed by atoms with Crippen LogP contribution in [0.3, 0.4) is 0 Å². The number of hydrogen-bond donors (Lipinski definition) is 2. The maximum Gasteiger partial charge on any atom is 0.0521 e. The highest BCUT2D eigenvalue weighted by atomic mass is 79.9. The highest BCUT2D eigenvalue weighted by molar-refractivity contribution is 9.10. The summed E-state index contributed by atoms with van der Waals surface area (Å²) < 4.78 is 1.12. The molecule has 0 amide bonds. The third-order valence-electron chi connectivity index (χ3n) is 4.65. The summed E-state index contributed by atoms with van der Waals surface area (Å²) in [5.41, 5.74) is 8.62. The van der Waals surface area contributed by atoms with Gasteiger partial charge in [-0.15, -0.1) is 0 Å². The summed E-state index contributed by atoms with van der Waals surface area (Å²) in [5, 5.41) is 3.75. The van der Waals surface area contributed by atoms with E-state index in [9.17, 15) is 0 Å². The van der Waals surface area contributed by atoms with Gasteiger partial charge in [-0.05, 0) is 71.6 Å². The van der Waals surface area contributed by atoms with E-state index in [0.29, 0.717) is 12.5 Å². The Balaban J connectivity index is 2.25. The van der Waals surface area contributed by atoms with E-state index >= 15 is 0 Å². The minimum atomic E-state index is 0.0445. The summed E-state index contributed by atoms with van der Waals surface area (Å²) >= 11 is 3.64. The van der Waals surface area contributed by atoms with Crippen molar-refractivity contribution < 1.29 is 0 Å². The first kappa shape index (κ1) is 14.9. The van der Waals surface area contributed by atoms with Gasteiger partial charge in [0.15, 0.2) is 0 Å². The molecule has 0 heterocycles. The lowest BCUT2D eigenvalue weighted by Gasteiger charge is -2.45. The highest BCUT2D eigenvalue weighted by Crippen LogP contribution is 2.39. The van der Waals surface area contributed by atoms with Crippen molar-refractivity contribution in [1.29, 1.82) is 0 Å². The van der Waals surface area contributed by atoms with E-state index in [0.717, 1.165) is 16.8 Å². The Labute approximate surface area is 125 Å². The second-order valence-corrected chi connectivity index (χ2v) is 7.10. The van der Waals surface area contributed by atoms with Crippen LogP contribution in [0.4, 0.5) is 5.69 Å². The first-order chi connectivity index (χ1) is 8.97. The lowest BCUT2D eigenvalue weighted by molar-refractivity contribution is 0.189. The molecular formula is C16H25BrN2. The second-order valence-electron chi connectivity index (χ2n) is 6.25. The summed E-state index contributed by atoms with van der Waals surface area (Å²) in [6, 6.07) is 6.43. The molecular weight excluding hydrogens is 300 g/mol. The zero-order valence-electron chi connectivity index (χ0n) is 12.2. The number of nitrogens with two attached hydrogens (primary N) is 1. The Morgan fingerprint density at radius 3 is 2.79 bits per heavy atom. The number of hydrogen-bond acceptors (Lipinski definition) is 2. The summed E-state index contributed by atoms with van der Waals surface area (Å²) in [7, 11) is 0. The first-order valence-electron chi connectivity index (χ1n) is 7.21. The van der Waals surface area contributed by atoms with Gasteiger partial charge < -0.3 is 11.1 Å². The normalized spacial score (nSPS) is 31.2. The van der Waals surface area contributed by atoms with Crippen LogP contribution in [0, 0.1) is 18.8 Å². The maximum atomic E-state index is 6.13. The van der Waals surface area contributed by atoms with Crippen LogP contribution >= 0.6 is 15.9 Å². The second kappa shape index (κ2) is 5.84. The van der Waals surface area contributed by atoms with Gasteiger partial charge in [0, 0.05) is 16.7 Å². The van der Waals surface area contributed by atoms with Crippen LogP contribution in [-0.2, 0) is 0 Å². The molecule has 0 bridgehead atoms. The van der Waals surface area contributed by atoms with E-state index < -0.39 is 0 Å². The molecule has 1 fully saturated rings. The Morgan fingerprint density at radius 1 is 1.42 bits per heavy atom. The third-order valence-corrected chi connectivity index (χ3v) is 5.34. The fourth-order valence-electron chi connectivity index (χ4n) is 3.24. The molecule has 0 aromatic heterocycles. The minimum Gasteiger partial charge on any atom is -0.377 e. The first-order valence-corrected chi connectivity index (χ1v) is 8.00. The smallest absolute Gasteiger partial charge is 0.0521 e. The monoisotopic (exact) mass is 324 g/mol. The van der Waals surface area contributed by atoms with E-state index in [4.69, 9.17) is 5.73 Å². The van der Waals surface area contributed by atoms with Gasteiger partial charge in [0.1, 0.15) is 0 Å². The number of halogens is 1. The van der Waals surface area contributed by atoms with E-state index in [-0.39, 0.29) is 5.54 Å². The van der Waals surface area contributed by atoms with Crippen molar-refractivity contribution in [1.82, 2.24) is 0 Å². The number of benzene rings is 1. The molecule has 3 N–H and O–H groups in total. The zero-order chi connectivity index (χ0) is 14.0. The van der Waals surface area contributed by atoms with Crippen LogP contribution in [0.25, 0.3) is 0 Å². The van der Waals surface area contributed by atoms with Crippen LogP contribution in [0.15, 0.2) is 22.7 Å². The Kier molecular flexibility index (Phi) is 4.57. The molecule has 106 valence electrons. The van der Waals surface area contributed by atoms with Crippen molar-refractivity contribution in [2.75, 3.05) is 11.9 Å². The fourth-order valence-corrected chi connectivity index (χ4v) is 3.59. The average Bonchev–Trinajstić information content (AvgIpc) is 2.37. The van der Waals surface area contributed by atoms with Gasteiger partial charge in [0.05, 0.1) is 5.54 Å². The molecule has 2 nitrogen and oxygen atoms in total. The molecule has 0 spiro atoms. The van der Waals surface area contributed by atoms with Gasteiger partial charge in [0.2, 0.25) is 0 Å². The molecule has 2 rings (SSSR count). The van der Waals surface area contributed by atoms with E-state index in [2.05, 4.69) is 60.2 Å². The van der Waals surface area contributed by atoms with Crippen molar-refractivity contribution in [3.8, 4) is 0 Å². The molecule has 1 saturated carbocycles. The van der Waals surface area contributed by atoms with Crippen molar-refractivity contribution in [2.24, 2.45) is 17.6 Å². The largest absolute Gasteiger partial charge is 0.377 e. The maximum absolute atomic E-state index is 6.13. The van der Waals surface area contributed by atoms with Crippen molar-refractivity contribution in [3.05, 3.63) is 28.2 Å². The number of aryl methyl sites for hydroxylation is 1. The summed E-state index contributed by atoms with van der Waals surface area (Å²) in [5.74, 6) is 1.42. The summed E-state index contributed by atoms with van der Waals surface area (Å²) in [6.07, 6.45) is 3.68. The molecule has 19 heavy (non-hydrogen) atoms. The van der Waals surface area contributed by atoms with E-state index in [1.54, 1.807) is 0 Å². The van der Waals surface area contributed by atoms with E-state index in [1.807, 2.05) is 0 Å². The molecule has 3 atom stereocenters. The predicted octanol–water partition coefficient (Wildman–Crippen LogP) is 4.32. The molecule has 1 aromatic carbocycles. The van der Waals surface area contributed by atoms with Crippen molar-refractivity contribution in [3.63, 3.8) is 0 Å². The number of anilines is 1. The molecule has 1 aliphatic rings. The van der Waals surface area contributed by atoms with Crippen LogP contribution in [0.1, 0.15) is 38.7 Å². The van der Waals surface area contributed by atoms with Gasteiger partial charge in [-0.25, -0.2) is 0 Å². The fraction of sp³-hybridized carbons (Fsp3) is 0.625. The third kappa shape index (κ3) is 3.14. The average molecular weight is 325 g/mol. The predicted molar refractivity (Wildman–Crippen MR) is 86.5 cm³/mol. The summed E-state index contributed by atoms with van der Waals surface area (Å²) in [4.78, 5) is 0. The van der Waals surface area contributed by atoms with Crippen LogP contribution in [-0.4, -0.2) is 12.1 Å². The zero-order valence-corrected chi connectivity index (χ0v) is 13.8. The van der Waals surface area contributed by atoms with Gasteiger partial charge in [-0.3, -0.25) is 0 Å². The van der Waals surface area contributed by atoms with Crippen LogP contribution < -0.4 is 11.1 Å². The lowest BCUT2D eigenvalue weighted by atomic mass is 9.70. The number of nitrogens with one attached hydrogen (secondary N) is 1. The Morgan fingerprint density at radius 2 is 2.16 bits per heavy atom. The standard InChI is InChI=1S/C16H25BrN2/c1-11-4-5-14(17)15(9-11)19-16(10-18)7-6-12(2)8-13(16)3/h4-5,9,12-13,19H,6-8,10,18H2,1-3H3. The van der Waals surface area contributed by atoms with Gasteiger partial charge in [-0.1, -0.05) is 19.9 Å². The quantitative estimate of drug-likeness (QED) is 0.868. The molecule has 0 radical (unpaired) electrons. The van der Waals surface area contributed by atoms with E-state index in [1.165, 1.54) is 24.1 Å². The molecule has 0 saturated heterocycles. The van der Waals surface area contributed by atoms with Crippen molar-refractivity contribution in [2.45, 2.75) is 45.6 Å². The van der Waals surface area contributed by atoms with Gasteiger partial charge in [0.25, 0.3) is 0 Å². The SMILES string of the molecule is Cc1ccc(Br)c(NC2(CN)CCC(C)CC2C)c1.